The Balaban J connectivity index is 1.45. The van der Waals surface area contributed by atoms with Crippen molar-refractivity contribution in [2.45, 2.75) is 13.8 Å². The van der Waals surface area contributed by atoms with Crippen molar-refractivity contribution in [3.05, 3.63) is 80.9 Å². The summed E-state index contributed by atoms with van der Waals surface area (Å²) in [6.45, 7) is 3.68. The molecule has 4 rings (SSSR count). The zero-order chi connectivity index (χ0) is 25.8. The van der Waals surface area contributed by atoms with Crippen molar-refractivity contribution in [1.82, 2.24) is 4.90 Å². The molecule has 0 bridgehead atoms. The number of carbonyl (C=O) groups excluding carboxylic acids is 3. The Labute approximate surface area is 210 Å². The van der Waals surface area contributed by atoms with Gasteiger partial charge in [0.2, 0.25) is 5.91 Å². The van der Waals surface area contributed by atoms with Crippen LogP contribution in [0.1, 0.15) is 18.2 Å². The number of amides is 3. The summed E-state index contributed by atoms with van der Waals surface area (Å²) in [6.07, 6.45) is 1.37. The maximum absolute atomic E-state index is 12.8. The Hall–Kier alpha value is -4.38. The fourth-order valence-corrected chi connectivity index (χ4v) is 4.31. The van der Waals surface area contributed by atoms with Gasteiger partial charge in [0.05, 0.1) is 22.0 Å². The van der Waals surface area contributed by atoms with Crippen LogP contribution in [0.25, 0.3) is 17.4 Å². The lowest BCUT2D eigenvalue weighted by Gasteiger charge is -2.12. The first-order valence-electron chi connectivity index (χ1n) is 10.9. The van der Waals surface area contributed by atoms with Crippen LogP contribution in [0.3, 0.4) is 0 Å². The third-order valence-corrected chi connectivity index (χ3v) is 6.05. The fourth-order valence-electron chi connectivity index (χ4n) is 3.49. The first-order valence-corrected chi connectivity index (χ1v) is 11.7. The first-order chi connectivity index (χ1) is 17.2. The molecule has 0 unspecified atom stereocenters. The zero-order valence-corrected chi connectivity index (χ0v) is 20.2. The van der Waals surface area contributed by atoms with Gasteiger partial charge in [0.15, 0.2) is 0 Å². The van der Waals surface area contributed by atoms with Gasteiger partial charge in [-0.15, -0.1) is 0 Å². The van der Waals surface area contributed by atoms with Crippen molar-refractivity contribution >= 4 is 46.3 Å². The average Bonchev–Trinajstić information content (AvgIpc) is 3.40. The predicted molar refractivity (Wildman–Crippen MR) is 134 cm³/mol. The summed E-state index contributed by atoms with van der Waals surface area (Å²) in [6, 6.07) is 14.6. The fraction of sp³-hybridized carbons (Fsp3) is 0.160. The molecule has 0 saturated carbocycles. The van der Waals surface area contributed by atoms with Crippen LogP contribution in [0, 0.1) is 17.0 Å². The highest BCUT2D eigenvalue weighted by Gasteiger charge is 2.36. The van der Waals surface area contributed by atoms with E-state index < -0.39 is 28.5 Å². The summed E-state index contributed by atoms with van der Waals surface area (Å²) in [5.74, 6) is -0.0171. The number of aryl methyl sites for hydroxylation is 1. The Morgan fingerprint density at radius 3 is 2.61 bits per heavy atom. The minimum atomic E-state index is -0.633. The van der Waals surface area contributed by atoms with Crippen molar-refractivity contribution in [2.75, 3.05) is 18.5 Å². The molecule has 0 aliphatic carbocycles. The Kier molecular flexibility index (Phi) is 7.20. The van der Waals surface area contributed by atoms with Gasteiger partial charge in [-0.3, -0.25) is 29.4 Å². The van der Waals surface area contributed by atoms with Gasteiger partial charge in [-0.2, -0.15) is 0 Å². The van der Waals surface area contributed by atoms with Crippen molar-refractivity contribution < 1.29 is 28.5 Å². The minimum Gasteiger partial charge on any atom is -0.494 e. The van der Waals surface area contributed by atoms with E-state index in [1.807, 2.05) is 6.92 Å². The van der Waals surface area contributed by atoms with Crippen molar-refractivity contribution in [1.29, 1.82) is 0 Å². The number of benzene rings is 2. The van der Waals surface area contributed by atoms with Crippen molar-refractivity contribution in [3.8, 4) is 17.1 Å². The first kappa shape index (κ1) is 24.7. The van der Waals surface area contributed by atoms with Crippen LogP contribution in [0.4, 0.5) is 16.2 Å². The van der Waals surface area contributed by atoms with Crippen molar-refractivity contribution in [2.24, 2.45) is 0 Å². The molecule has 0 radical (unpaired) electrons. The predicted octanol–water partition coefficient (Wildman–Crippen LogP) is 5.24. The minimum absolute atomic E-state index is 0.0770. The van der Waals surface area contributed by atoms with Gasteiger partial charge in [-0.1, -0.05) is 6.07 Å². The van der Waals surface area contributed by atoms with E-state index in [0.29, 0.717) is 35.4 Å². The van der Waals surface area contributed by atoms with E-state index in [4.69, 9.17) is 9.15 Å². The molecule has 3 amide bonds. The number of ether oxygens (including phenoxy) is 1. The molecule has 0 atom stereocenters. The summed E-state index contributed by atoms with van der Waals surface area (Å²) >= 11 is 0.681. The number of nitrogens with zero attached hydrogens (tertiary/aromatic N) is 2. The summed E-state index contributed by atoms with van der Waals surface area (Å²) < 4.78 is 11.1. The van der Waals surface area contributed by atoms with E-state index in [0.717, 1.165) is 10.5 Å². The molecular formula is C25H21N3O7S. The number of anilines is 1. The van der Waals surface area contributed by atoms with E-state index >= 15 is 0 Å². The summed E-state index contributed by atoms with van der Waals surface area (Å²) in [4.78, 5) is 49.4. The second-order valence-corrected chi connectivity index (χ2v) is 8.75. The summed E-state index contributed by atoms with van der Waals surface area (Å²) in [5, 5.41) is 13.5. The Morgan fingerprint density at radius 1 is 1.17 bits per heavy atom. The van der Waals surface area contributed by atoms with Gasteiger partial charge in [0, 0.05) is 17.8 Å². The van der Waals surface area contributed by atoms with Crippen molar-refractivity contribution in [3.63, 3.8) is 0 Å². The number of nitro benzene ring substituents is 1. The van der Waals surface area contributed by atoms with Gasteiger partial charge in [0.1, 0.15) is 23.8 Å². The lowest BCUT2D eigenvalue weighted by molar-refractivity contribution is -0.384. The molecule has 1 aromatic heterocycles. The summed E-state index contributed by atoms with van der Waals surface area (Å²) in [7, 11) is 0. The number of nitro groups is 1. The molecule has 2 heterocycles. The van der Waals surface area contributed by atoms with Crippen LogP contribution >= 0.6 is 11.8 Å². The number of thioether (sulfide) groups is 1. The molecule has 184 valence electrons. The largest absolute Gasteiger partial charge is 0.494 e. The van der Waals surface area contributed by atoms with Crippen LogP contribution in [-0.2, 0) is 9.59 Å². The van der Waals surface area contributed by atoms with E-state index in [-0.39, 0.29) is 22.1 Å². The highest BCUT2D eigenvalue weighted by atomic mass is 32.2. The number of carbonyl (C=O) groups is 3. The standard InChI is InChI=1S/C25H21N3O7S/c1-3-34-17-7-5-16(6-8-17)26-23(29)14-27-24(30)22(36-25(27)31)13-18-9-11-21(35-18)19-10-4-15(2)12-20(19)28(32)33/h4-13H,3,14H2,1-2H3,(H,26,29)/b22-13+. The van der Waals surface area contributed by atoms with Crippen LogP contribution < -0.4 is 10.1 Å². The highest BCUT2D eigenvalue weighted by Crippen LogP contribution is 2.35. The lowest BCUT2D eigenvalue weighted by atomic mass is 10.1. The maximum atomic E-state index is 12.8. The number of furan rings is 1. The maximum Gasteiger partial charge on any atom is 0.294 e. The monoisotopic (exact) mass is 507 g/mol. The number of hydrogen-bond acceptors (Lipinski definition) is 8. The van der Waals surface area contributed by atoms with E-state index in [9.17, 15) is 24.5 Å². The Bertz CT molecular complexity index is 1380. The molecule has 1 aliphatic heterocycles. The molecule has 2 aromatic carbocycles. The SMILES string of the molecule is CCOc1ccc(NC(=O)CN2C(=O)S/C(=C/c3ccc(-c4ccc(C)cc4[N+](=O)[O-])o3)C2=O)cc1. The Morgan fingerprint density at radius 2 is 1.92 bits per heavy atom. The van der Waals surface area contributed by atoms with Gasteiger partial charge in [0.25, 0.3) is 16.8 Å². The smallest absolute Gasteiger partial charge is 0.294 e. The lowest BCUT2D eigenvalue weighted by Crippen LogP contribution is -2.36. The van der Waals surface area contributed by atoms with Crippen LogP contribution in [0.2, 0.25) is 0 Å². The second-order valence-electron chi connectivity index (χ2n) is 7.75. The molecule has 1 N–H and O–H groups in total. The number of imide groups is 1. The second kappa shape index (κ2) is 10.5. The normalized spacial score (nSPS) is 14.4. The third kappa shape index (κ3) is 5.47. The van der Waals surface area contributed by atoms with Crippen LogP contribution in [-0.4, -0.2) is 40.0 Å². The average molecular weight is 508 g/mol. The molecule has 3 aromatic rings. The molecule has 11 heteroatoms. The van der Waals surface area contributed by atoms with E-state index in [1.165, 1.54) is 12.1 Å². The molecule has 36 heavy (non-hydrogen) atoms. The van der Waals surface area contributed by atoms with E-state index in [2.05, 4.69) is 5.32 Å². The van der Waals surface area contributed by atoms with Crippen LogP contribution in [0.5, 0.6) is 5.75 Å². The molecule has 1 saturated heterocycles. The summed E-state index contributed by atoms with van der Waals surface area (Å²) in [5.41, 5.74) is 1.43. The number of hydrogen-bond donors (Lipinski definition) is 1. The van der Waals surface area contributed by atoms with Gasteiger partial charge < -0.3 is 14.5 Å². The molecule has 1 aliphatic rings. The van der Waals surface area contributed by atoms with Gasteiger partial charge in [-0.25, -0.2) is 0 Å². The number of rotatable bonds is 8. The molecule has 10 nitrogen and oxygen atoms in total. The van der Waals surface area contributed by atoms with Crippen LogP contribution in [0.15, 0.2) is 63.9 Å². The zero-order valence-electron chi connectivity index (χ0n) is 19.3. The van der Waals surface area contributed by atoms with Gasteiger partial charge in [-0.05, 0) is 73.6 Å². The molecule has 1 fully saturated rings. The highest BCUT2D eigenvalue weighted by molar-refractivity contribution is 8.18. The quantitative estimate of drug-likeness (QED) is 0.249. The topological polar surface area (TPSA) is 132 Å². The third-order valence-electron chi connectivity index (χ3n) is 5.14. The number of nitrogens with one attached hydrogen (secondary N) is 1. The molecule has 0 spiro atoms. The molecular weight excluding hydrogens is 486 g/mol. The van der Waals surface area contributed by atoms with Gasteiger partial charge >= 0.3 is 0 Å². The van der Waals surface area contributed by atoms with E-state index in [1.54, 1.807) is 55.5 Å².